The van der Waals surface area contributed by atoms with Gasteiger partial charge in [-0.1, -0.05) is 6.07 Å². The van der Waals surface area contributed by atoms with Crippen LogP contribution in [0.15, 0.2) is 54.0 Å². The van der Waals surface area contributed by atoms with Crippen LogP contribution in [0.2, 0.25) is 0 Å². The van der Waals surface area contributed by atoms with Crippen LogP contribution in [0.25, 0.3) is 0 Å². The number of thiophene rings is 1. The molecule has 6 nitrogen and oxygen atoms in total. The Morgan fingerprint density at radius 2 is 1.97 bits per heavy atom. The van der Waals surface area contributed by atoms with E-state index in [9.17, 15) is 8.42 Å². The average molecular weight is 459 g/mol. The number of nitrogens with one attached hydrogen (secondary N) is 2. The Morgan fingerprint density at radius 3 is 2.57 bits per heavy atom. The van der Waals surface area contributed by atoms with E-state index < -0.39 is 10.0 Å². The Labute approximate surface area is 186 Å². The lowest BCUT2D eigenvalue weighted by Crippen LogP contribution is -2.29. The van der Waals surface area contributed by atoms with E-state index in [2.05, 4.69) is 38.3 Å². The minimum Gasteiger partial charge on any atom is -0.351 e. The van der Waals surface area contributed by atoms with Crippen LogP contribution in [-0.4, -0.2) is 24.8 Å². The highest BCUT2D eigenvalue weighted by Gasteiger charge is 2.42. The third kappa shape index (κ3) is 4.05. The Morgan fingerprint density at radius 1 is 1.17 bits per heavy atom. The van der Waals surface area contributed by atoms with Gasteiger partial charge in [0.15, 0.2) is 5.11 Å². The first-order valence-electron chi connectivity index (χ1n) is 9.37. The normalized spacial score (nSPS) is 19.0. The number of aryl methyl sites for hydroxylation is 2. The monoisotopic (exact) mass is 458 g/mol. The molecule has 156 valence electrons. The van der Waals surface area contributed by atoms with E-state index in [1.807, 2.05) is 37.3 Å². The molecule has 1 saturated heterocycles. The summed E-state index contributed by atoms with van der Waals surface area (Å²) in [6.07, 6.45) is 2.93. The van der Waals surface area contributed by atoms with Crippen LogP contribution in [0.4, 0.5) is 11.4 Å². The molecule has 1 aliphatic heterocycles. The summed E-state index contributed by atoms with van der Waals surface area (Å²) < 4.78 is 25.8. The summed E-state index contributed by atoms with van der Waals surface area (Å²) in [5, 5.41) is 6.15. The van der Waals surface area contributed by atoms with Crippen molar-refractivity contribution in [2.24, 2.45) is 0 Å². The van der Waals surface area contributed by atoms with Gasteiger partial charge in [0.05, 0.1) is 29.7 Å². The van der Waals surface area contributed by atoms with E-state index in [0.717, 1.165) is 23.2 Å². The standard InChI is InChI=1S/C21H22N4O2S3/c1-13-9-11-29-20(13)19-18(17-6-4-5-10-22-17)23-21(28)25(19)15-7-8-16(14(2)12-15)24-30(3,26)27/h4-12,18-19,24H,1-3H3,(H,23,28)/t18-,19-/m0/s1. The number of rotatable bonds is 5. The van der Waals surface area contributed by atoms with Crippen LogP contribution in [0, 0.1) is 13.8 Å². The van der Waals surface area contributed by atoms with Gasteiger partial charge < -0.3 is 10.2 Å². The zero-order valence-corrected chi connectivity index (χ0v) is 19.2. The van der Waals surface area contributed by atoms with Crippen molar-refractivity contribution in [2.45, 2.75) is 25.9 Å². The van der Waals surface area contributed by atoms with Gasteiger partial charge in [-0.15, -0.1) is 11.3 Å². The molecule has 2 N–H and O–H groups in total. The number of pyridine rings is 1. The van der Waals surface area contributed by atoms with E-state index >= 15 is 0 Å². The zero-order valence-electron chi connectivity index (χ0n) is 16.8. The first kappa shape index (κ1) is 20.8. The molecule has 0 bridgehead atoms. The Bertz CT molecular complexity index is 1190. The molecule has 0 spiro atoms. The molecule has 1 aliphatic rings. The summed E-state index contributed by atoms with van der Waals surface area (Å²) in [7, 11) is -3.35. The van der Waals surface area contributed by atoms with Crippen LogP contribution in [0.3, 0.4) is 0 Å². The molecule has 30 heavy (non-hydrogen) atoms. The van der Waals surface area contributed by atoms with Gasteiger partial charge in [0.2, 0.25) is 10.0 Å². The molecule has 3 aromatic rings. The maximum absolute atomic E-state index is 11.6. The lowest BCUT2D eigenvalue weighted by atomic mass is 10.00. The molecular formula is C21H22N4O2S3. The first-order chi connectivity index (χ1) is 14.2. The lowest BCUT2D eigenvalue weighted by Gasteiger charge is -2.28. The van der Waals surface area contributed by atoms with Gasteiger partial charge in [0.25, 0.3) is 0 Å². The van der Waals surface area contributed by atoms with E-state index in [4.69, 9.17) is 12.2 Å². The third-order valence-electron chi connectivity index (χ3n) is 5.05. The van der Waals surface area contributed by atoms with Gasteiger partial charge in [-0.25, -0.2) is 8.42 Å². The number of hydrogen-bond acceptors (Lipinski definition) is 5. The Hall–Kier alpha value is -2.49. The van der Waals surface area contributed by atoms with Crippen molar-refractivity contribution in [3.8, 4) is 0 Å². The topological polar surface area (TPSA) is 74.3 Å². The van der Waals surface area contributed by atoms with Crippen molar-refractivity contribution in [2.75, 3.05) is 15.9 Å². The van der Waals surface area contributed by atoms with Gasteiger partial charge >= 0.3 is 0 Å². The van der Waals surface area contributed by atoms with Crippen LogP contribution < -0.4 is 14.9 Å². The molecule has 3 heterocycles. The fraction of sp³-hybridized carbons (Fsp3) is 0.238. The second-order valence-corrected chi connectivity index (χ2v) is 10.4. The third-order valence-corrected chi connectivity index (χ3v) is 7.05. The molecule has 1 aromatic carbocycles. The fourth-order valence-corrected chi connectivity index (χ4v) is 5.73. The van der Waals surface area contributed by atoms with E-state index in [1.165, 1.54) is 10.4 Å². The Balaban J connectivity index is 1.79. The molecule has 0 amide bonds. The van der Waals surface area contributed by atoms with E-state index in [-0.39, 0.29) is 12.1 Å². The summed E-state index contributed by atoms with van der Waals surface area (Å²) in [5.41, 5.74) is 4.41. The number of aromatic nitrogens is 1. The number of hydrogen-bond donors (Lipinski definition) is 2. The first-order valence-corrected chi connectivity index (χ1v) is 12.6. The molecule has 0 aliphatic carbocycles. The largest absolute Gasteiger partial charge is 0.351 e. The Kier molecular flexibility index (Phi) is 5.52. The van der Waals surface area contributed by atoms with Gasteiger partial charge in [-0.2, -0.15) is 0 Å². The fourth-order valence-electron chi connectivity index (χ4n) is 3.70. The summed E-state index contributed by atoms with van der Waals surface area (Å²) >= 11 is 7.44. The number of benzene rings is 1. The van der Waals surface area contributed by atoms with Crippen LogP contribution in [0.5, 0.6) is 0 Å². The van der Waals surface area contributed by atoms with Crippen LogP contribution in [0.1, 0.15) is 33.8 Å². The molecule has 0 unspecified atom stereocenters. The smallest absolute Gasteiger partial charge is 0.229 e. The summed E-state index contributed by atoms with van der Waals surface area (Å²) in [4.78, 5) is 7.88. The average Bonchev–Trinajstić information content (AvgIpc) is 3.25. The van der Waals surface area contributed by atoms with E-state index in [0.29, 0.717) is 10.8 Å². The minimum atomic E-state index is -3.35. The molecule has 9 heteroatoms. The van der Waals surface area contributed by atoms with Crippen molar-refractivity contribution >= 4 is 50.1 Å². The number of sulfonamides is 1. The van der Waals surface area contributed by atoms with Crippen molar-refractivity contribution in [1.29, 1.82) is 0 Å². The van der Waals surface area contributed by atoms with Crippen molar-refractivity contribution in [1.82, 2.24) is 10.3 Å². The molecule has 4 rings (SSSR count). The highest BCUT2D eigenvalue weighted by Crippen LogP contribution is 2.44. The highest BCUT2D eigenvalue weighted by molar-refractivity contribution is 7.92. The van der Waals surface area contributed by atoms with E-state index in [1.54, 1.807) is 23.6 Å². The number of nitrogens with zero attached hydrogens (tertiary/aromatic N) is 2. The predicted octanol–water partition coefficient (Wildman–Crippen LogP) is 4.31. The molecule has 2 atom stereocenters. The highest BCUT2D eigenvalue weighted by atomic mass is 32.2. The predicted molar refractivity (Wildman–Crippen MR) is 127 cm³/mol. The quantitative estimate of drug-likeness (QED) is 0.555. The maximum Gasteiger partial charge on any atom is 0.229 e. The SMILES string of the molecule is Cc1cc(N2C(=S)N[C@@H](c3ccccn3)[C@H]2c2sccc2C)ccc1NS(C)(=O)=O. The number of anilines is 2. The molecule has 1 fully saturated rings. The summed E-state index contributed by atoms with van der Waals surface area (Å²) in [6, 6.07) is 13.5. The van der Waals surface area contributed by atoms with Gasteiger partial charge in [0.1, 0.15) is 0 Å². The van der Waals surface area contributed by atoms with Gasteiger partial charge in [-0.3, -0.25) is 9.71 Å². The minimum absolute atomic E-state index is 0.0551. The van der Waals surface area contributed by atoms with Crippen LogP contribution >= 0.6 is 23.6 Å². The molecule has 2 aromatic heterocycles. The summed E-state index contributed by atoms with van der Waals surface area (Å²) in [5.74, 6) is 0. The summed E-state index contributed by atoms with van der Waals surface area (Å²) in [6.45, 7) is 3.98. The van der Waals surface area contributed by atoms with Crippen LogP contribution in [-0.2, 0) is 10.0 Å². The molecular weight excluding hydrogens is 436 g/mol. The second-order valence-electron chi connectivity index (χ2n) is 7.34. The van der Waals surface area contributed by atoms with Gasteiger partial charge in [0, 0.05) is 16.8 Å². The number of thiocarbonyl (C=S) groups is 1. The van der Waals surface area contributed by atoms with Crippen molar-refractivity contribution < 1.29 is 8.42 Å². The van der Waals surface area contributed by atoms with Gasteiger partial charge in [-0.05, 0) is 79.0 Å². The van der Waals surface area contributed by atoms with Crippen molar-refractivity contribution in [3.05, 3.63) is 75.7 Å². The second kappa shape index (κ2) is 7.98. The van der Waals surface area contributed by atoms with Crippen molar-refractivity contribution in [3.63, 3.8) is 0 Å². The molecule has 0 radical (unpaired) electrons. The lowest BCUT2D eigenvalue weighted by molar-refractivity contribution is 0.573. The maximum atomic E-state index is 11.6. The zero-order chi connectivity index (χ0) is 21.5. The molecule has 0 saturated carbocycles.